The number of aromatic nitrogens is 3. The van der Waals surface area contributed by atoms with Crippen LogP contribution in [0.25, 0.3) is 11.0 Å². The van der Waals surface area contributed by atoms with Gasteiger partial charge in [-0.3, -0.25) is 4.98 Å². The third-order valence-electron chi connectivity index (χ3n) is 4.61. The van der Waals surface area contributed by atoms with Crippen molar-refractivity contribution < 1.29 is 19.3 Å². The molecule has 0 saturated carbocycles. The molecular formula is C14H18N4O5. The predicted molar refractivity (Wildman–Crippen MR) is 79.9 cm³/mol. The van der Waals surface area contributed by atoms with E-state index in [4.69, 9.17) is 19.9 Å². The minimum absolute atomic E-state index is 0.243. The van der Waals surface area contributed by atoms with Crippen LogP contribution >= 0.6 is 0 Å². The lowest BCUT2D eigenvalue weighted by atomic mass is 9.90. The highest BCUT2D eigenvalue weighted by atomic mass is 16.6. The molecule has 2 aliphatic rings. The highest BCUT2D eigenvalue weighted by Gasteiger charge is 2.58. The van der Waals surface area contributed by atoms with Crippen molar-refractivity contribution in [2.45, 2.75) is 30.5 Å². The van der Waals surface area contributed by atoms with Gasteiger partial charge in [0, 0.05) is 19.7 Å². The monoisotopic (exact) mass is 322 g/mol. The molecule has 9 heteroatoms. The molecule has 2 saturated heterocycles. The van der Waals surface area contributed by atoms with Gasteiger partial charge >= 0.3 is 5.69 Å². The second-order valence-electron chi connectivity index (χ2n) is 5.95. The fraction of sp³-hybridized carbons (Fsp3) is 0.571. The molecule has 0 amide bonds. The molecule has 2 bridgehead atoms. The van der Waals surface area contributed by atoms with Crippen molar-refractivity contribution in [1.82, 2.24) is 14.5 Å². The number of aliphatic hydroxyl groups is 1. The van der Waals surface area contributed by atoms with E-state index >= 15 is 0 Å². The summed E-state index contributed by atoms with van der Waals surface area (Å²) in [5, 5.41) is 11.2. The van der Waals surface area contributed by atoms with Crippen LogP contribution in [0.2, 0.25) is 0 Å². The standard InChI is InChI=1S/C14H18N4O5/c1-21-6-14-3-5-22-8(9(14)19)12(23-14)18-4-2-7-10(15)16-13(20)17-11(7)18/h2,4,8-9,12,19H,3,5-6H2,1H3,(H3,15,16,17,20)/t8?,9?,12-,14-/m1/s1. The summed E-state index contributed by atoms with van der Waals surface area (Å²) in [5.41, 5.74) is 4.87. The van der Waals surface area contributed by atoms with Crippen molar-refractivity contribution in [3.05, 3.63) is 22.7 Å². The van der Waals surface area contributed by atoms with Crippen molar-refractivity contribution in [3.63, 3.8) is 0 Å². The molecule has 2 aromatic rings. The molecule has 0 spiro atoms. The number of anilines is 1. The largest absolute Gasteiger partial charge is 0.387 e. The normalized spacial score (nSPS) is 33.4. The van der Waals surface area contributed by atoms with Crippen molar-refractivity contribution in [2.24, 2.45) is 0 Å². The molecule has 2 fully saturated rings. The number of methoxy groups -OCH3 is 1. The van der Waals surface area contributed by atoms with Crippen LogP contribution in [0, 0.1) is 0 Å². The van der Waals surface area contributed by atoms with Gasteiger partial charge in [0.2, 0.25) is 0 Å². The molecule has 0 aliphatic carbocycles. The van der Waals surface area contributed by atoms with Gasteiger partial charge in [-0.05, 0) is 6.07 Å². The average Bonchev–Trinajstić information content (AvgIpc) is 2.95. The summed E-state index contributed by atoms with van der Waals surface area (Å²) in [6, 6.07) is 1.74. The molecule has 124 valence electrons. The summed E-state index contributed by atoms with van der Waals surface area (Å²) in [6.45, 7) is 0.733. The Bertz CT molecular complexity index is 798. The number of nitrogen functional groups attached to an aromatic ring is 1. The maximum absolute atomic E-state index is 11.6. The minimum atomic E-state index is -0.821. The lowest BCUT2D eigenvalue weighted by molar-refractivity contribution is -0.149. The van der Waals surface area contributed by atoms with Crippen molar-refractivity contribution in [2.75, 3.05) is 26.1 Å². The zero-order chi connectivity index (χ0) is 16.2. The van der Waals surface area contributed by atoms with Gasteiger partial charge in [0.25, 0.3) is 0 Å². The number of fused-ring (bicyclic) bond motifs is 3. The highest BCUT2D eigenvalue weighted by molar-refractivity contribution is 5.86. The Morgan fingerprint density at radius 2 is 2.48 bits per heavy atom. The number of ether oxygens (including phenoxy) is 3. The molecule has 2 aromatic heterocycles. The van der Waals surface area contributed by atoms with Gasteiger partial charge < -0.3 is 29.6 Å². The number of aromatic amines is 1. The first-order valence-electron chi connectivity index (χ1n) is 7.38. The van der Waals surface area contributed by atoms with Crippen LogP contribution in [0.15, 0.2) is 17.1 Å². The van der Waals surface area contributed by atoms with E-state index in [0.29, 0.717) is 24.1 Å². The molecule has 4 N–H and O–H groups in total. The summed E-state index contributed by atoms with van der Waals surface area (Å²) in [6.07, 6.45) is 0.275. The number of aliphatic hydroxyl groups excluding tert-OH is 1. The lowest BCUT2D eigenvalue weighted by Gasteiger charge is -2.34. The number of nitrogens with zero attached hydrogens (tertiary/aromatic N) is 2. The number of hydrogen-bond donors (Lipinski definition) is 3. The molecule has 2 unspecified atom stereocenters. The maximum Gasteiger partial charge on any atom is 0.348 e. The van der Waals surface area contributed by atoms with E-state index in [1.165, 1.54) is 0 Å². The van der Waals surface area contributed by atoms with E-state index < -0.39 is 29.7 Å². The van der Waals surface area contributed by atoms with E-state index in [9.17, 15) is 9.90 Å². The molecule has 9 nitrogen and oxygen atoms in total. The molecule has 2 aliphatic heterocycles. The smallest absolute Gasteiger partial charge is 0.348 e. The molecule has 4 atom stereocenters. The van der Waals surface area contributed by atoms with Gasteiger partial charge in [0.1, 0.15) is 23.6 Å². The first-order valence-corrected chi connectivity index (χ1v) is 7.38. The van der Waals surface area contributed by atoms with Crippen LogP contribution in [-0.4, -0.2) is 57.8 Å². The lowest BCUT2D eigenvalue weighted by Crippen LogP contribution is -2.51. The minimum Gasteiger partial charge on any atom is -0.387 e. The zero-order valence-corrected chi connectivity index (χ0v) is 12.6. The highest BCUT2D eigenvalue weighted by Crippen LogP contribution is 2.45. The molecular weight excluding hydrogens is 304 g/mol. The molecule has 4 heterocycles. The molecule has 4 rings (SSSR count). The second kappa shape index (κ2) is 5.03. The summed E-state index contributed by atoms with van der Waals surface area (Å²) in [5.74, 6) is 0.243. The fourth-order valence-electron chi connectivity index (χ4n) is 3.51. The van der Waals surface area contributed by atoms with Crippen molar-refractivity contribution in [3.8, 4) is 0 Å². The van der Waals surface area contributed by atoms with Gasteiger partial charge in [-0.1, -0.05) is 0 Å². The molecule has 0 radical (unpaired) electrons. The van der Waals surface area contributed by atoms with E-state index in [1.54, 1.807) is 23.9 Å². The van der Waals surface area contributed by atoms with Gasteiger partial charge in [-0.15, -0.1) is 0 Å². The van der Waals surface area contributed by atoms with Crippen LogP contribution in [0.5, 0.6) is 0 Å². The maximum atomic E-state index is 11.6. The fourth-order valence-corrected chi connectivity index (χ4v) is 3.51. The van der Waals surface area contributed by atoms with E-state index in [0.717, 1.165) is 0 Å². The van der Waals surface area contributed by atoms with Gasteiger partial charge in [-0.2, -0.15) is 4.98 Å². The number of nitrogens with two attached hydrogens (primary N) is 1. The Hall–Kier alpha value is -1.94. The zero-order valence-electron chi connectivity index (χ0n) is 12.6. The Labute approximate surface area is 131 Å². The number of nitrogens with one attached hydrogen (secondary N) is 1. The summed E-state index contributed by atoms with van der Waals surface area (Å²) >= 11 is 0. The van der Waals surface area contributed by atoms with Crippen LogP contribution in [-0.2, 0) is 14.2 Å². The quantitative estimate of drug-likeness (QED) is 0.687. The van der Waals surface area contributed by atoms with Gasteiger partial charge in [0.15, 0.2) is 11.9 Å². The van der Waals surface area contributed by atoms with Crippen LogP contribution < -0.4 is 11.4 Å². The molecule has 0 aromatic carbocycles. The Balaban J connectivity index is 1.81. The topological polar surface area (TPSA) is 125 Å². The summed E-state index contributed by atoms with van der Waals surface area (Å²) in [7, 11) is 1.56. The van der Waals surface area contributed by atoms with Crippen LogP contribution in [0.1, 0.15) is 12.6 Å². The van der Waals surface area contributed by atoms with Gasteiger partial charge in [-0.25, -0.2) is 4.79 Å². The Kier molecular flexibility index (Phi) is 3.20. The molecule has 23 heavy (non-hydrogen) atoms. The number of hydrogen-bond acceptors (Lipinski definition) is 7. The van der Waals surface area contributed by atoms with Gasteiger partial charge in [0.05, 0.1) is 18.6 Å². The Morgan fingerprint density at radius 3 is 3.26 bits per heavy atom. The second-order valence-corrected chi connectivity index (χ2v) is 5.95. The van der Waals surface area contributed by atoms with Crippen LogP contribution in [0.4, 0.5) is 5.82 Å². The SMILES string of the molecule is COC[C@]12CCOC(C1O)[C@H](n1ccc3c(N)[nH]c(=O)nc31)O2. The number of rotatable bonds is 3. The Morgan fingerprint density at radius 1 is 1.65 bits per heavy atom. The summed E-state index contributed by atoms with van der Waals surface area (Å²) < 4.78 is 18.7. The third-order valence-corrected chi connectivity index (χ3v) is 4.61. The van der Waals surface area contributed by atoms with E-state index in [2.05, 4.69) is 9.97 Å². The van der Waals surface area contributed by atoms with E-state index in [1.807, 2.05) is 0 Å². The predicted octanol–water partition coefficient (Wildman–Crippen LogP) is -0.629. The first kappa shape index (κ1) is 14.6. The number of H-pyrrole nitrogens is 1. The van der Waals surface area contributed by atoms with E-state index in [-0.39, 0.29) is 12.4 Å². The van der Waals surface area contributed by atoms with Crippen molar-refractivity contribution >= 4 is 16.9 Å². The average molecular weight is 322 g/mol. The van der Waals surface area contributed by atoms with Crippen molar-refractivity contribution in [1.29, 1.82) is 0 Å². The first-order chi connectivity index (χ1) is 11.1. The third kappa shape index (κ3) is 2.01. The van der Waals surface area contributed by atoms with Crippen LogP contribution in [0.3, 0.4) is 0 Å². The summed E-state index contributed by atoms with van der Waals surface area (Å²) in [4.78, 5) is 18.1.